The van der Waals surface area contributed by atoms with Gasteiger partial charge in [0, 0.05) is 30.3 Å². The van der Waals surface area contributed by atoms with Gasteiger partial charge in [-0.1, -0.05) is 23.7 Å². The van der Waals surface area contributed by atoms with Crippen LogP contribution in [0.25, 0.3) is 0 Å². The van der Waals surface area contributed by atoms with Crippen molar-refractivity contribution in [2.45, 2.75) is 30.4 Å². The van der Waals surface area contributed by atoms with E-state index in [0.29, 0.717) is 35.0 Å². The second-order valence-corrected chi connectivity index (χ2v) is 11.4. The molecule has 3 heterocycles. The van der Waals surface area contributed by atoms with Crippen LogP contribution in [0.3, 0.4) is 0 Å². The van der Waals surface area contributed by atoms with Crippen LogP contribution in [-0.2, 0) is 19.3 Å². The molecule has 0 N–H and O–H groups in total. The van der Waals surface area contributed by atoms with Crippen molar-refractivity contribution in [1.29, 1.82) is 0 Å². The van der Waals surface area contributed by atoms with Crippen LogP contribution >= 0.6 is 11.6 Å². The maximum atomic E-state index is 11.6. The fourth-order valence-electron chi connectivity index (χ4n) is 4.99. The SMILES string of the molecule is CS(=O)(=O)c1ccc([C@H]2OC[C@]3(CO2)CC3C2CCN(c3ncc(Cl)cn3)CC2)cc1. The van der Waals surface area contributed by atoms with E-state index in [9.17, 15) is 8.42 Å². The van der Waals surface area contributed by atoms with E-state index in [0.717, 1.165) is 43.9 Å². The number of anilines is 1. The fourth-order valence-corrected chi connectivity index (χ4v) is 5.71. The van der Waals surface area contributed by atoms with Crippen LogP contribution < -0.4 is 4.90 Å². The minimum absolute atomic E-state index is 0.132. The average molecular weight is 464 g/mol. The summed E-state index contributed by atoms with van der Waals surface area (Å²) in [5.74, 6) is 2.05. The lowest BCUT2D eigenvalue weighted by Gasteiger charge is -2.35. The first-order chi connectivity index (χ1) is 14.8. The Bertz CT molecular complexity index is 1030. The molecule has 166 valence electrons. The van der Waals surface area contributed by atoms with E-state index in [-0.39, 0.29) is 5.41 Å². The fraction of sp³-hybridized carbons (Fsp3) is 0.545. The zero-order chi connectivity index (χ0) is 21.6. The van der Waals surface area contributed by atoms with Gasteiger partial charge in [0.15, 0.2) is 16.1 Å². The number of hydrogen-bond donors (Lipinski definition) is 0. The van der Waals surface area contributed by atoms with E-state index in [1.807, 2.05) is 0 Å². The molecule has 2 aromatic rings. The molecule has 1 aromatic carbocycles. The third kappa shape index (κ3) is 4.31. The van der Waals surface area contributed by atoms with Crippen LogP contribution in [0.4, 0.5) is 5.95 Å². The molecule has 3 aliphatic rings. The smallest absolute Gasteiger partial charge is 0.225 e. The maximum Gasteiger partial charge on any atom is 0.225 e. The van der Waals surface area contributed by atoms with Gasteiger partial charge in [-0.2, -0.15) is 0 Å². The molecule has 2 aliphatic heterocycles. The third-order valence-corrected chi connectivity index (χ3v) is 8.20. The number of benzene rings is 1. The molecule has 5 rings (SSSR count). The van der Waals surface area contributed by atoms with Crippen molar-refractivity contribution in [3.8, 4) is 0 Å². The summed E-state index contributed by atoms with van der Waals surface area (Å²) in [4.78, 5) is 11.2. The van der Waals surface area contributed by atoms with Crippen LogP contribution in [0.2, 0.25) is 5.02 Å². The zero-order valence-corrected chi connectivity index (χ0v) is 19.0. The molecule has 7 nitrogen and oxygen atoms in total. The van der Waals surface area contributed by atoms with Crippen LogP contribution in [0, 0.1) is 17.3 Å². The number of sulfone groups is 1. The monoisotopic (exact) mass is 463 g/mol. The molecular weight excluding hydrogens is 438 g/mol. The average Bonchev–Trinajstić information content (AvgIpc) is 3.47. The summed E-state index contributed by atoms with van der Waals surface area (Å²) in [5.41, 5.74) is 0.989. The quantitative estimate of drug-likeness (QED) is 0.686. The number of hydrogen-bond acceptors (Lipinski definition) is 7. The molecule has 0 radical (unpaired) electrons. The van der Waals surface area contributed by atoms with E-state index < -0.39 is 16.1 Å². The van der Waals surface area contributed by atoms with E-state index >= 15 is 0 Å². The van der Waals surface area contributed by atoms with Gasteiger partial charge in [-0.3, -0.25) is 0 Å². The number of aromatic nitrogens is 2. The molecule has 1 saturated carbocycles. The lowest BCUT2D eigenvalue weighted by Crippen LogP contribution is -2.37. The first-order valence-corrected chi connectivity index (χ1v) is 12.9. The van der Waals surface area contributed by atoms with E-state index in [4.69, 9.17) is 21.1 Å². The minimum atomic E-state index is -3.20. The first-order valence-electron chi connectivity index (χ1n) is 10.6. The van der Waals surface area contributed by atoms with Crippen molar-refractivity contribution in [3.05, 3.63) is 47.2 Å². The van der Waals surface area contributed by atoms with Crippen molar-refractivity contribution >= 4 is 27.4 Å². The lowest BCUT2D eigenvalue weighted by atomic mass is 9.87. The van der Waals surface area contributed by atoms with E-state index in [1.54, 1.807) is 36.7 Å². The number of nitrogens with zero attached hydrogens (tertiary/aromatic N) is 3. The molecule has 0 bridgehead atoms. The Kier molecular flexibility index (Phi) is 5.45. The molecule has 0 amide bonds. The molecule has 1 spiro atoms. The van der Waals surface area contributed by atoms with Crippen molar-refractivity contribution in [1.82, 2.24) is 9.97 Å². The van der Waals surface area contributed by atoms with Crippen LogP contribution in [-0.4, -0.2) is 50.9 Å². The molecule has 2 saturated heterocycles. The van der Waals surface area contributed by atoms with Crippen molar-refractivity contribution in [2.75, 3.05) is 37.5 Å². The second-order valence-electron chi connectivity index (χ2n) is 8.99. The normalized spacial score (nSPS) is 29.3. The third-order valence-electron chi connectivity index (χ3n) is 6.88. The summed E-state index contributed by atoms with van der Waals surface area (Å²) < 4.78 is 35.4. The Balaban J connectivity index is 1.14. The summed E-state index contributed by atoms with van der Waals surface area (Å²) in [7, 11) is -3.20. The van der Waals surface area contributed by atoms with Gasteiger partial charge < -0.3 is 14.4 Å². The maximum absolute atomic E-state index is 11.6. The molecule has 3 fully saturated rings. The number of rotatable bonds is 4. The number of piperidine rings is 1. The standard InChI is InChI=1S/C22H26ClN3O4S/c1-31(27,28)18-4-2-16(3-5-18)20-29-13-22(14-30-20)10-19(22)15-6-8-26(9-7-15)21-24-11-17(23)12-25-21/h2-5,11-12,15,19-20H,6-10,13-14H2,1H3/t19?,20-,22-. The highest BCUT2D eigenvalue weighted by atomic mass is 35.5. The number of ether oxygens (including phenoxy) is 2. The van der Waals surface area contributed by atoms with Gasteiger partial charge in [-0.25, -0.2) is 18.4 Å². The molecule has 1 atom stereocenters. The van der Waals surface area contributed by atoms with Crippen LogP contribution in [0.5, 0.6) is 0 Å². The van der Waals surface area contributed by atoms with Crippen molar-refractivity contribution in [2.24, 2.45) is 17.3 Å². The highest BCUT2D eigenvalue weighted by Gasteiger charge is 2.59. The number of halogens is 1. The molecule has 1 aliphatic carbocycles. The predicted octanol–water partition coefficient (Wildman–Crippen LogP) is 3.50. The Hall–Kier alpha value is -1.74. The Morgan fingerprint density at radius 2 is 1.68 bits per heavy atom. The molecule has 1 unspecified atom stereocenters. The first kappa shape index (κ1) is 21.1. The van der Waals surface area contributed by atoms with E-state index in [1.165, 1.54) is 6.26 Å². The van der Waals surface area contributed by atoms with Gasteiger partial charge in [-0.05, 0) is 43.2 Å². The molecular formula is C22H26ClN3O4S. The Labute approximate surface area is 187 Å². The summed E-state index contributed by atoms with van der Waals surface area (Å²) in [6, 6.07) is 6.77. The summed E-state index contributed by atoms with van der Waals surface area (Å²) in [5, 5.41) is 0.556. The Morgan fingerprint density at radius 1 is 1.06 bits per heavy atom. The van der Waals surface area contributed by atoms with Gasteiger partial charge in [-0.15, -0.1) is 0 Å². The van der Waals surface area contributed by atoms with Crippen LogP contribution in [0.15, 0.2) is 41.6 Å². The van der Waals surface area contributed by atoms with Gasteiger partial charge >= 0.3 is 0 Å². The lowest BCUT2D eigenvalue weighted by molar-refractivity contribution is -0.216. The second kappa shape index (κ2) is 7.99. The summed E-state index contributed by atoms with van der Waals surface area (Å²) >= 11 is 5.89. The Morgan fingerprint density at radius 3 is 2.26 bits per heavy atom. The summed E-state index contributed by atoms with van der Waals surface area (Å²) in [6.07, 6.45) is 7.46. The van der Waals surface area contributed by atoms with Gasteiger partial charge in [0.05, 0.1) is 35.5 Å². The topological polar surface area (TPSA) is 81.6 Å². The van der Waals surface area contributed by atoms with Crippen molar-refractivity contribution in [3.63, 3.8) is 0 Å². The van der Waals surface area contributed by atoms with Crippen molar-refractivity contribution < 1.29 is 17.9 Å². The summed E-state index contributed by atoms with van der Waals surface area (Å²) in [6.45, 7) is 3.29. The largest absolute Gasteiger partial charge is 0.348 e. The highest BCUT2D eigenvalue weighted by molar-refractivity contribution is 7.90. The van der Waals surface area contributed by atoms with Gasteiger partial charge in [0.25, 0.3) is 0 Å². The zero-order valence-electron chi connectivity index (χ0n) is 17.4. The van der Waals surface area contributed by atoms with Gasteiger partial charge in [0.2, 0.25) is 5.95 Å². The highest BCUT2D eigenvalue weighted by Crippen LogP contribution is 2.61. The molecule has 9 heteroatoms. The van der Waals surface area contributed by atoms with Gasteiger partial charge in [0.1, 0.15) is 0 Å². The van der Waals surface area contributed by atoms with E-state index in [2.05, 4.69) is 14.9 Å². The molecule has 1 aromatic heterocycles. The minimum Gasteiger partial charge on any atom is -0.348 e. The molecule has 31 heavy (non-hydrogen) atoms. The predicted molar refractivity (Wildman–Crippen MR) is 117 cm³/mol. The van der Waals surface area contributed by atoms with Crippen LogP contribution in [0.1, 0.15) is 31.1 Å².